The van der Waals surface area contributed by atoms with Gasteiger partial charge in [0.15, 0.2) is 10.9 Å². The van der Waals surface area contributed by atoms with E-state index in [1.54, 1.807) is 17.5 Å². The maximum atomic E-state index is 14.4. The number of phenols is 1. The second-order valence-corrected chi connectivity index (χ2v) is 16.1. The molecule has 2 aromatic heterocycles. The summed E-state index contributed by atoms with van der Waals surface area (Å²) in [6.45, 7) is 3.56. The number of thiazole rings is 1. The Balaban J connectivity index is 0.841. The molecule has 6 heterocycles. The zero-order chi connectivity index (χ0) is 40.9. The first kappa shape index (κ1) is 38.3. The van der Waals surface area contributed by atoms with Gasteiger partial charge in [0.1, 0.15) is 29.0 Å². The fourth-order valence-corrected chi connectivity index (χ4v) is 9.18. The van der Waals surface area contributed by atoms with Gasteiger partial charge in [-0.15, -0.1) is 34.2 Å². The number of carbonyl (C=O) groups excluding carboxylic acids is 5. The van der Waals surface area contributed by atoms with Crippen LogP contribution in [-0.2, 0) is 27.5 Å². The molecule has 2 saturated heterocycles. The number of piperazine rings is 1. The average molecular weight is 834 g/mol. The smallest absolute Gasteiger partial charge is 0.256 e. The predicted molar refractivity (Wildman–Crippen MR) is 217 cm³/mol. The van der Waals surface area contributed by atoms with Crippen LogP contribution < -0.4 is 15.5 Å². The zero-order valence-corrected chi connectivity index (χ0v) is 33.0. The second-order valence-electron chi connectivity index (χ2n) is 14.8. The number of amides is 5. The Bertz CT molecular complexity index is 2520. The number of aromatic hydroxyl groups is 1. The van der Waals surface area contributed by atoms with Crippen LogP contribution in [0.5, 0.6) is 5.75 Å². The highest BCUT2D eigenvalue weighted by Gasteiger charge is 2.44. The standard InChI is InChI=1S/C41H36FN9O6S2/c42-25-4-8-32(52)29(19-25)35(37(55)45-41-43-11-16-59-41)50-21-24-3-2-23(18-27(24)38(50)56)30-6-9-33(47-46-30)49-14-12-48(13-15-49)20-22-1-5-26-28(17-22)39(57)51(40(26)58)31-7-10-34(53)44-36(31)54/h1-6,8-9,11,16-19,31,35,40,52,58H,7,10,12-15,20-21H2,(H,43,45,55)(H,44,53,54). The van der Waals surface area contributed by atoms with Gasteiger partial charge in [-0.05, 0) is 65.6 Å². The van der Waals surface area contributed by atoms with Crippen molar-refractivity contribution in [3.05, 3.63) is 118 Å². The Morgan fingerprint density at radius 1 is 0.966 bits per heavy atom. The van der Waals surface area contributed by atoms with Crippen molar-refractivity contribution in [1.29, 1.82) is 0 Å². The van der Waals surface area contributed by atoms with Gasteiger partial charge in [-0.2, -0.15) is 0 Å². The molecule has 4 aliphatic rings. The van der Waals surface area contributed by atoms with E-state index in [4.69, 9.17) is 0 Å². The third-order valence-electron chi connectivity index (χ3n) is 11.2. The van der Waals surface area contributed by atoms with Gasteiger partial charge in [0.05, 0.1) is 5.69 Å². The van der Waals surface area contributed by atoms with Gasteiger partial charge in [-0.1, -0.05) is 24.3 Å². The van der Waals surface area contributed by atoms with Crippen molar-refractivity contribution in [1.82, 2.24) is 35.2 Å². The number of hydrogen-bond donors (Lipinski definition) is 4. The summed E-state index contributed by atoms with van der Waals surface area (Å²) in [5.74, 6) is -2.45. The zero-order valence-electron chi connectivity index (χ0n) is 31.2. The van der Waals surface area contributed by atoms with E-state index in [0.717, 1.165) is 42.4 Å². The molecular weight excluding hydrogens is 798 g/mol. The molecule has 9 rings (SSSR count). The lowest BCUT2D eigenvalue weighted by Gasteiger charge is -2.35. The third kappa shape index (κ3) is 7.27. The van der Waals surface area contributed by atoms with Gasteiger partial charge in [-0.3, -0.25) is 39.5 Å². The lowest BCUT2D eigenvalue weighted by molar-refractivity contribution is -0.137. The van der Waals surface area contributed by atoms with Gasteiger partial charge in [0, 0.05) is 79.5 Å². The first-order chi connectivity index (χ1) is 28.5. The number of thiol groups is 1. The van der Waals surface area contributed by atoms with E-state index in [-0.39, 0.29) is 42.5 Å². The van der Waals surface area contributed by atoms with E-state index >= 15 is 0 Å². The molecule has 0 bridgehead atoms. The summed E-state index contributed by atoms with van der Waals surface area (Å²) in [6, 6.07) is 16.0. The van der Waals surface area contributed by atoms with Crippen molar-refractivity contribution >= 4 is 64.5 Å². The van der Waals surface area contributed by atoms with Crippen molar-refractivity contribution in [2.24, 2.45) is 0 Å². The normalized spacial score (nSPS) is 19.8. The average Bonchev–Trinajstić information content (AvgIpc) is 3.93. The molecule has 5 amide bonds. The number of hydrogen-bond acceptors (Lipinski definition) is 13. The van der Waals surface area contributed by atoms with Crippen LogP contribution in [0.1, 0.15) is 67.2 Å². The van der Waals surface area contributed by atoms with Crippen LogP contribution in [-0.4, -0.2) is 96.7 Å². The highest BCUT2D eigenvalue weighted by Crippen LogP contribution is 2.40. The number of rotatable bonds is 9. The Morgan fingerprint density at radius 2 is 1.80 bits per heavy atom. The molecule has 300 valence electrons. The number of nitrogens with zero attached hydrogens (tertiary/aromatic N) is 7. The largest absolute Gasteiger partial charge is 0.508 e. The molecule has 3 atom stereocenters. The van der Waals surface area contributed by atoms with Gasteiger partial charge >= 0.3 is 0 Å². The highest BCUT2D eigenvalue weighted by molar-refractivity contribution is 7.80. The minimum absolute atomic E-state index is 0.0468. The minimum Gasteiger partial charge on any atom is -0.508 e. The number of nitrogens with one attached hydrogen (secondary N) is 2. The second kappa shape index (κ2) is 15.5. The summed E-state index contributed by atoms with van der Waals surface area (Å²) >= 11 is 5.86. The Kier molecular flexibility index (Phi) is 10.1. The molecule has 3 unspecified atom stereocenters. The highest BCUT2D eigenvalue weighted by atomic mass is 32.1. The number of piperidine rings is 1. The lowest BCUT2D eigenvalue weighted by Crippen LogP contribution is -2.53. The number of benzene rings is 3. The van der Waals surface area contributed by atoms with E-state index in [0.29, 0.717) is 58.5 Å². The molecular formula is C41H36FN9O6S2. The fourth-order valence-electron chi connectivity index (χ4n) is 8.16. The Morgan fingerprint density at radius 3 is 2.54 bits per heavy atom. The van der Waals surface area contributed by atoms with Crippen LogP contribution in [0.3, 0.4) is 0 Å². The first-order valence-corrected chi connectivity index (χ1v) is 20.3. The maximum Gasteiger partial charge on any atom is 0.256 e. The van der Waals surface area contributed by atoms with E-state index in [1.807, 2.05) is 36.4 Å². The predicted octanol–water partition coefficient (Wildman–Crippen LogP) is 4.29. The van der Waals surface area contributed by atoms with Gasteiger partial charge in [0.2, 0.25) is 11.8 Å². The minimum atomic E-state index is -1.34. The maximum absolute atomic E-state index is 14.4. The third-order valence-corrected chi connectivity index (χ3v) is 12.4. The number of imide groups is 1. The molecule has 0 aliphatic carbocycles. The van der Waals surface area contributed by atoms with Crippen LogP contribution in [0.4, 0.5) is 15.3 Å². The molecule has 3 N–H and O–H groups in total. The quantitative estimate of drug-likeness (QED) is 0.123. The summed E-state index contributed by atoms with van der Waals surface area (Å²) in [4.78, 5) is 76.5. The van der Waals surface area contributed by atoms with E-state index in [9.17, 15) is 33.5 Å². The molecule has 2 fully saturated rings. The summed E-state index contributed by atoms with van der Waals surface area (Å²) in [5, 5.41) is 26.1. The van der Waals surface area contributed by atoms with E-state index in [2.05, 4.69) is 48.2 Å². The van der Waals surface area contributed by atoms with Gasteiger partial charge < -0.3 is 19.8 Å². The molecule has 18 heteroatoms. The number of phenolic OH excluding ortho intramolecular Hbond substituents is 1. The van der Waals surface area contributed by atoms with Gasteiger partial charge in [-0.25, -0.2) is 9.37 Å². The van der Waals surface area contributed by atoms with Crippen LogP contribution in [0.15, 0.2) is 78.3 Å². The lowest BCUT2D eigenvalue weighted by atomic mass is 10.0. The number of carbonyl (C=O) groups is 5. The van der Waals surface area contributed by atoms with Crippen molar-refractivity contribution in [3.63, 3.8) is 0 Å². The van der Waals surface area contributed by atoms with E-state index < -0.39 is 41.0 Å². The van der Waals surface area contributed by atoms with Crippen molar-refractivity contribution < 1.29 is 33.5 Å². The monoisotopic (exact) mass is 833 g/mol. The van der Waals surface area contributed by atoms with Crippen LogP contribution >= 0.6 is 24.0 Å². The number of fused-ring (bicyclic) bond motifs is 2. The number of aromatic nitrogens is 3. The van der Waals surface area contributed by atoms with Gasteiger partial charge in [0.25, 0.3) is 17.7 Å². The molecule has 15 nitrogen and oxygen atoms in total. The number of anilines is 2. The molecule has 5 aromatic rings. The summed E-state index contributed by atoms with van der Waals surface area (Å²) in [7, 11) is 0. The molecule has 0 radical (unpaired) electrons. The molecule has 59 heavy (non-hydrogen) atoms. The number of halogens is 1. The topological polar surface area (TPSA) is 181 Å². The SMILES string of the molecule is O=C1CCC(N2C(=O)c3cc(CN4CCN(c5ccc(-c6ccc7c(c6)C(=O)N(C(C(=O)Nc6nccs6)c6cc(F)ccc6O)C7)nn5)CC4)ccc3C2S)C(=O)N1. The fraction of sp³-hybridized carbons (Fsp3) is 0.268. The van der Waals surface area contributed by atoms with Crippen LogP contribution in [0, 0.1) is 5.82 Å². The Labute approximate surface area is 346 Å². The van der Waals surface area contributed by atoms with E-state index in [1.165, 1.54) is 27.3 Å². The van der Waals surface area contributed by atoms with Crippen molar-refractivity contribution in [2.75, 3.05) is 36.4 Å². The Hall–Kier alpha value is -6.24. The molecule has 4 aliphatic heterocycles. The van der Waals surface area contributed by atoms with Crippen LogP contribution in [0.25, 0.3) is 11.3 Å². The van der Waals surface area contributed by atoms with Crippen molar-refractivity contribution in [2.45, 2.75) is 43.4 Å². The summed E-state index contributed by atoms with van der Waals surface area (Å²) < 4.78 is 14.4. The molecule has 0 spiro atoms. The molecule has 0 saturated carbocycles. The van der Waals surface area contributed by atoms with Crippen molar-refractivity contribution in [3.8, 4) is 17.0 Å². The molecule has 3 aromatic carbocycles. The summed E-state index contributed by atoms with van der Waals surface area (Å²) in [5.41, 5.74) is 4.41. The summed E-state index contributed by atoms with van der Waals surface area (Å²) in [6.07, 6.45) is 1.97. The van der Waals surface area contributed by atoms with Crippen LogP contribution in [0.2, 0.25) is 0 Å². The first-order valence-electron chi connectivity index (χ1n) is 18.9.